The number of hydrogen-bond acceptors (Lipinski definition) is 3. The van der Waals surface area contributed by atoms with E-state index >= 15 is 0 Å². The fourth-order valence-corrected chi connectivity index (χ4v) is 1.70. The first-order valence-electron chi connectivity index (χ1n) is 5.36. The second-order valence-corrected chi connectivity index (χ2v) is 4.03. The van der Waals surface area contributed by atoms with E-state index in [0.29, 0.717) is 18.0 Å². The van der Waals surface area contributed by atoms with Crippen LogP contribution in [-0.4, -0.2) is 29.8 Å². The Morgan fingerprint density at radius 1 is 1.47 bits per heavy atom. The number of hydrogen-bond donors (Lipinski definition) is 0. The maximum absolute atomic E-state index is 12.8. The lowest BCUT2D eigenvalue weighted by Gasteiger charge is -2.25. The fourth-order valence-electron chi connectivity index (χ4n) is 1.70. The first kappa shape index (κ1) is 13.7. The number of aliphatic imine (C=N–C) groups is 1. The molecule has 1 heterocycles. The largest absolute Gasteiger partial charge is 0.397 e. The molecule has 1 aliphatic heterocycles. The van der Waals surface area contributed by atoms with Gasteiger partial charge in [0.25, 0.3) is 0 Å². The molecule has 0 saturated carbocycles. The molecule has 0 fully saturated rings. The average Bonchev–Trinajstić information content (AvgIpc) is 2.18. The number of halogens is 3. The van der Waals surface area contributed by atoms with E-state index in [1.807, 2.05) is 6.92 Å². The highest BCUT2D eigenvalue weighted by Crippen LogP contribution is 2.35. The summed E-state index contributed by atoms with van der Waals surface area (Å²) in [5.41, 5.74) is 0.285. The molecule has 96 valence electrons. The molecule has 1 rings (SSSR count). The van der Waals surface area contributed by atoms with Crippen molar-refractivity contribution in [3.8, 4) is 0 Å². The van der Waals surface area contributed by atoms with Crippen LogP contribution in [0.1, 0.15) is 26.7 Å². The smallest absolute Gasteiger partial charge is 0.255 e. The summed E-state index contributed by atoms with van der Waals surface area (Å²) in [5.74, 6) is -1.15. The number of allylic oxidation sites excluding steroid dienone is 1. The predicted octanol–water partition coefficient (Wildman–Crippen LogP) is 3.20. The maximum atomic E-state index is 12.8. The summed E-state index contributed by atoms with van der Waals surface area (Å²) in [6.07, 6.45) is -4.00. The van der Waals surface area contributed by atoms with E-state index in [-0.39, 0.29) is 12.1 Å². The van der Waals surface area contributed by atoms with Gasteiger partial charge >= 0.3 is 6.18 Å². The van der Waals surface area contributed by atoms with E-state index in [0.717, 1.165) is 0 Å². The third-order valence-corrected chi connectivity index (χ3v) is 2.58. The van der Waals surface area contributed by atoms with Crippen molar-refractivity contribution in [1.82, 2.24) is 5.01 Å². The molecule has 0 aromatic rings. The molecule has 0 saturated heterocycles. The van der Waals surface area contributed by atoms with Gasteiger partial charge in [0.15, 0.2) is 0 Å². The van der Waals surface area contributed by atoms with Crippen molar-refractivity contribution < 1.29 is 13.2 Å². The van der Waals surface area contributed by atoms with Gasteiger partial charge in [-0.2, -0.15) is 18.3 Å². The van der Waals surface area contributed by atoms with Crippen molar-refractivity contribution in [3.63, 3.8) is 0 Å². The first-order chi connectivity index (χ1) is 7.75. The molecular weight excluding hydrogens is 231 g/mol. The Morgan fingerprint density at radius 3 is 2.53 bits per heavy atom. The lowest BCUT2D eigenvalue weighted by molar-refractivity contribution is -0.162. The summed E-state index contributed by atoms with van der Waals surface area (Å²) in [6, 6.07) is 0. The Bertz CT molecular complexity index is 369. The summed E-state index contributed by atoms with van der Waals surface area (Å²) >= 11 is 0. The molecule has 6 heteroatoms. The molecule has 0 aromatic carbocycles. The highest BCUT2D eigenvalue weighted by Gasteiger charge is 2.42. The molecule has 0 aromatic heterocycles. The Balaban J connectivity index is 3.13. The second-order valence-electron chi connectivity index (χ2n) is 4.03. The minimum absolute atomic E-state index is 0.143. The Labute approximate surface area is 98.7 Å². The van der Waals surface area contributed by atoms with Gasteiger partial charge in [-0.1, -0.05) is 13.5 Å². The minimum atomic E-state index is -4.33. The summed E-state index contributed by atoms with van der Waals surface area (Å²) in [4.78, 5) is 3.94. The van der Waals surface area contributed by atoms with Crippen LogP contribution in [0, 0.1) is 5.92 Å². The van der Waals surface area contributed by atoms with E-state index < -0.39 is 12.1 Å². The van der Waals surface area contributed by atoms with Crippen LogP contribution in [0.3, 0.4) is 0 Å². The number of hydrazone groups is 1. The van der Waals surface area contributed by atoms with Gasteiger partial charge in [0.2, 0.25) is 0 Å². The lowest BCUT2D eigenvalue weighted by atomic mass is 9.99. The maximum Gasteiger partial charge on any atom is 0.397 e. The van der Waals surface area contributed by atoms with E-state index in [4.69, 9.17) is 0 Å². The van der Waals surface area contributed by atoms with Crippen LogP contribution in [0.15, 0.2) is 22.4 Å². The average molecular weight is 247 g/mol. The van der Waals surface area contributed by atoms with Crippen molar-refractivity contribution in [2.75, 3.05) is 7.05 Å². The third-order valence-electron chi connectivity index (χ3n) is 2.58. The molecule has 1 unspecified atom stereocenters. The Kier molecular flexibility index (Phi) is 3.95. The zero-order valence-corrected chi connectivity index (χ0v) is 10.2. The first-order valence-corrected chi connectivity index (χ1v) is 5.36. The zero-order chi connectivity index (χ0) is 13.2. The summed E-state index contributed by atoms with van der Waals surface area (Å²) < 4.78 is 38.4. The van der Waals surface area contributed by atoms with Gasteiger partial charge in [-0.25, -0.2) is 4.99 Å². The lowest BCUT2D eigenvalue weighted by Crippen LogP contribution is -2.31. The second kappa shape index (κ2) is 4.89. The van der Waals surface area contributed by atoms with Crippen molar-refractivity contribution in [3.05, 3.63) is 12.3 Å². The van der Waals surface area contributed by atoms with Crippen LogP contribution >= 0.6 is 0 Å². The number of amidine groups is 1. The van der Waals surface area contributed by atoms with Gasteiger partial charge in [0, 0.05) is 31.3 Å². The van der Waals surface area contributed by atoms with Crippen LogP contribution in [0.25, 0.3) is 0 Å². The number of nitrogens with zero attached hydrogens (tertiary/aromatic N) is 3. The summed E-state index contributed by atoms with van der Waals surface area (Å²) in [5, 5.41) is 5.57. The molecule has 0 N–H and O–H groups in total. The van der Waals surface area contributed by atoms with E-state index in [1.54, 1.807) is 14.0 Å². The molecule has 3 nitrogen and oxygen atoms in total. The monoisotopic (exact) mass is 247 g/mol. The van der Waals surface area contributed by atoms with Gasteiger partial charge < -0.3 is 0 Å². The van der Waals surface area contributed by atoms with Gasteiger partial charge in [0.1, 0.15) is 11.8 Å². The molecule has 0 radical (unpaired) electrons. The topological polar surface area (TPSA) is 28.0 Å². The highest BCUT2D eigenvalue weighted by atomic mass is 19.4. The van der Waals surface area contributed by atoms with E-state index in [1.165, 1.54) is 5.01 Å². The van der Waals surface area contributed by atoms with E-state index in [9.17, 15) is 13.2 Å². The molecule has 0 aliphatic carbocycles. The third kappa shape index (κ3) is 3.31. The van der Waals surface area contributed by atoms with Gasteiger partial charge in [0.05, 0.1) is 0 Å². The summed E-state index contributed by atoms with van der Waals surface area (Å²) in [6.45, 7) is 6.84. The molecule has 1 aliphatic rings. The fraction of sp³-hybridized carbons (Fsp3) is 0.636. The molecule has 1 atom stereocenters. The van der Waals surface area contributed by atoms with Gasteiger partial charge in [-0.05, 0) is 6.92 Å². The van der Waals surface area contributed by atoms with Crippen molar-refractivity contribution in [2.24, 2.45) is 16.0 Å². The quantitative estimate of drug-likeness (QED) is 0.699. The van der Waals surface area contributed by atoms with Gasteiger partial charge in [-0.15, -0.1) is 0 Å². The summed E-state index contributed by atoms with van der Waals surface area (Å²) in [7, 11) is 1.67. The SMILES string of the molecule is C=C1N=C(CC)N(C)N=C(C)CC1C(F)(F)F. The van der Waals surface area contributed by atoms with Gasteiger partial charge in [-0.3, -0.25) is 5.01 Å². The Morgan fingerprint density at radius 2 is 2.06 bits per heavy atom. The highest BCUT2D eigenvalue weighted by molar-refractivity contribution is 5.88. The minimum Gasteiger partial charge on any atom is -0.255 e. The van der Waals surface area contributed by atoms with Crippen LogP contribution in [0.4, 0.5) is 13.2 Å². The van der Waals surface area contributed by atoms with Crippen molar-refractivity contribution in [1.29, 1.82) is 0 Å². The van der Waals surface area contributed by atoms with Crippen molar-refractivity contribution in [2.45, 2.75) is 32.9 Å². The van der Waals surface area contributed by atoms with Crippen molar-refractivity contribution >= 4 is 11.5 Å². The Hall–Kier alpha value is -1.33. The number of alkyl halides is 3. The van der Waals surface area contributed by atoms with Crippen LogP contribution in [0.2, 0.25) is 0 Å². The van der Waals surface area contributed by atoms with Crippen LogP contribution in [-0.2, 0) is 0 Å². The molecular formula is C11H16F3N3. The normalized spacial score (nSPS) is 22.8. The predicted molar refractivity (Wildman–Crippen MR) is 61.9 cm³/mol. The molecule has 0 spiro atoms. The van der Waals surface area contributed by atoms with Crippen LogP contribution in [0.5, 0.6) is 0 Å². The molecule has 0 bridgehead atoms. The molecule has 17 heavy (non-hydrogen) atoms. The molecule has 0 amide bonds. The number of rotatable bonds is 1. The van der Waals surface area contributed by atoms with Crippen LogP contribution < -0.4 is 0 Å². The van der Waals surface area contributed by atoms with E-state index in [2.05, 4.69) is 16.7 Å². The standard InChI is InChI=1S/C11H16F3N3/c1-5-10-15-8(3)9(11(12,13)14)6-7(2)16-17(10)4/h9H,3,5-6H2,1-2,4H3. The zero-order valence-electron chi connectivity index (χ0n) is 10.2.